The fourth-order valence-corrected chi connectivity index (χ4v) is 3.02. The first-order chi connectivity index (χ1) is 4.98. The lowest BCUT2D eigenvalue weighted by atomic mass is 10.2. The molecule has 0 aliphatic rings. The molecule has 0 saturated heterocycles. The molecule has 0 fully saturated rings. The van der Waals surface area contributed by atoms with Gasteiger partial charge in [-0.25, -0.2) is 0 Å². The molecule has 0 nitrogen and oxygen atoms in total. The minimum absolute atomic E-state index is 0.369. The molecule has 0 aromatic heterocycles. The minimum Gasteiger partial charge on any atom is -0.171 e. The maximum absolute atomic E-state index is 6.29. The van der Waals surface area contributed by atoms with Crippen LogP contribution in [0.3, 0.4) is 0 Å². The second-order valence-corrected chi connectivity index (χ2v) is 9.22. The van der Waals surface area contributed by atoms with Gasteiger partial charge in [-0.1, -0.05) is 27.2 Å². The summed E-state index contributed by atoms with van der Waals surface area (Å²) in [7, 11) is -1.01. The molecule has 1 unspecified atom stereocenters. The molecule has 1 atom stereocenters. The molecular formula is C8H18Cl2Si. The van der Waals surface area contributed by atoms with E-state index in [4.69, 9.17) is 22.7 Å². The van der Waals surface area contributed by atoms with Gasteiger partial charge in [0.1, 0.15) is 8.11 Å². The number of halogens is 2. The molecular weight excluding hydrogens is 195 g/mol. The first-order valence-corrected chi connectivity index (χ1v) is 7.86. The van der Waals surface area contributed by atoms with Crippen LogP contribution in [0.5, 0.6) is 0 Å². The van der Waals surface area contributed by atoms with Crippen molar-refractivity contribution in [2.45, 2.75) is 44.7 Å². The summed E-state index contributed by atoms with van der Waals surface area (Å²) in [6, 6.07) is 1.22. The van der Waals surface area contributed by atoms with Crippen LogP contribution >= 0.6 is 22.7 Å². The number of alkyl halides is 1. The third-order valence-electron chi connectivity index (χ3n) is 1.78. The van der Waals surface area contributed by atoms with Crippen LogP contribution < -0.4 is 0 Å². The molecule has 68 valence electrons. The highest BCUT2D eigenvalue weighted by molar-refractivity contribution is 7.08. The predicted octanol–water partition coefficient (Wildman–Crippen LogP) is 3.77. The number of unbranched alkanes of at least 4 members (excludes halogenated alkanes) is 1. The largest absolute Gasteiger partial charge is 0.171 e. The number of hydrogen-bond donors (Lipinski definition) is 0. The van der Waals surface area contributed by atoms with E-state index in [0.29, 0.717) is 5.04 Å². The molecule has 0 aromatic carbocycles. The average molecular weight is 213 g/mol. The summed E-state index contributed by atoms with van der Waals surface area (Å²) in [4.78, 5) is 0. The summed E-state index contributed by atoms with van der Waals surface area (Å²) in [6.07, 6.45) is 2.33. The van der Waals surface area contributed by atoms with E-state index in [2.05, 4.69) is 20.8 Å². The standard InChI is InChI=1S/C8H18Cl2Si/c1-8(2,3)11(10)7-5-4-6-9/h11H,4-7H2,1-3H3. The summed E-state index contributed by atoms with van der Waals surface area (Å²) in [5.74, 6) is 0.780. The lowest BCUT2D eigenvalue weighted by molar-refractivity contribution is 0.733. The van der Waals surface area contributed by atoms with Crippen molar-refractivity contribution in [2.24, 2.45) is 0 Å². The second kappa shape index (κ2) is 5.44. The summed E-state index contributed by atoms with van der Waals surface area (Å²) < 4.78 is 0. The van der Waals surface area contributed by atoms with Gasteiger partial charge in [-0.05, 0) is 17.5 Å². The summed E-state index contributed by atoms with van der Waals surface area (Å²) in [5, 5.41) is 0.369. The van der Waals surface area contributed by atoms with Crippen LogP contribution in [-0.2, 0) is 0 Å². The summed E-state index contributed by atoms with van der Waals surface area (Å²) in [5.41, 5.74) is 0. The normalized spacial score (nSPS) is 15.0. The first kappa shape index (κ1) is 11.8. The van der Waals surface area contributed by atoms with Gasteiger partial charge in [-0.15, -0.1) is 11.6 Å². The van der Waals surface area contributed by atoms with Gasteiger partial charge in [0, 0.05) is 5.88 Å². The van der Waals surface area contributed by atoms with E-state index in [1.807, 2.05) is 0 Å². The van der Waals surface area contributed by atoms with Gasteiger partial charge in [0.05, 0.1) is 0 Å². The molecule has 0 aliphatic heterocycles. The van der Waals surface area contributed by atoms with Gasteiger partial charge < -0.3 is 0 Å². The van der Waals surface area contributed by atoms with E-state index in [1.54, 1.807) is 0 Å². The topological polar surface area (TPSA) is 0 Å². The van der Waals surface area contributed by atoms with Crippen molar-refractivity contribution in [1.29, 1.82) is 0 Å². The SMILES string of the molecule is CC(C)(C)[SiH](Cl)CCCCCl. The zero-order chi connectivity index (χ0) is 8.91. The van der Waals surface area contributed by atoms with Crippen LogP contribution in [0, 0.1) is 0 Å². The Morgan fingerprint density at radius 1 is 1.18 bits per heavy atom. The van der Waals surface area contributed by atoms with Crippen LogP contribution in [0.1, 0.15) is 33.6 Å². The second-order valence-electron chi connectivity index (χ2n) is 4.02. The monoisotopic (exact) mass is 212 g/mol. The zero-order valence-corrected chi connectivity index (χ0v) is 10.3. The molecule has 0 amide bonds. The van der Waals surface area contributed by atoms with Crippen LogP contribution in [0.4, 0.5) is 0 Å². The number of hydrogen-bond acceptors (Lipinski definition) is 0. The molecule has 0 aliphatic carbocycles. The summed E-state index contributed by atoms with van der Waals surface area (Å²) >= 11 is 11.9. The molecule has 0 saturated carbocycles. The Balaban J connectivity index is 3.44. The Morgan fingerprint density at radius 2 is 1.73 bits per heavy atom. The molecule has 11 heavy (non-hydrogen) atoms. The Morgan fingerprint density at radius 3 is 2.09 bits per heavy atom. The quantitative estimate of drug-likeness (QED) is 0.288. The molecule has 3 heteroatoms. The smallest absolute Gasteiger partial charge is 0.146 e. The van der Waals surface area contributed by atoms with Gasteiger partial charge >= 0.3 is 0 Å². The average Bonchev–Trinajstić information content (AvgIpc) is 1.86. The van der Waals surface area contributed by atoms with Crippen LogP contribution in [-0.4, -0.2) is 14.0 Å². The molecule has 0 spiro atoms. The Labute approximate surface area is 81.6 Å². The fraction of sp³-hybridized carbons (Fsp3) is 1.00. The van der Waals surface area contributed by atoms with Crippen LogP contribution in [0.2, 0.25) is 11.1 Å². The van der Waals surface area contributed by atoms with Crippen molar-refractivity contribution in [3.05, 3.63) is 0 Å². The van der Waals surface area contributed by atoms with E-state index in [-0.39, 0.29) is 0 Å². The molecule has 0 rings (SSSR count). The number of rotatable bonds is 4. The third kappa shape index (κ3) is 6.00. The Kier molecular flexibility index (Phi) is 5.84. The molecule has 0 aromatic rings. The van der Waals surface area contributed by atoms with E-state index >= 15 is 0 Å². The van der Waals surface area contributed by atoms with Gasteiger partial charge in [-0.3, -0.25) is 0 Å². The Hall–Kier alpha value is 0.797. The van der Waals surface area contributed by atoms with E-state index in [0.717, 1.165) is 12.3 Å². The molecule has 0 radical (unpaired) electrons. The van der Waals surface area contributed by atoms with Crippen molar-refractivity contribution >= 4 is 30.8 Å². The molecule has 0 N–H and O–H groups in total. The molecule has 0 heterocycles. The van der Waals surface area contributed by atoms with Crippen molar-refractivity contribution in [1.82, 2.24) is 0 Å². The van der Waals surface area contributed by atoms with Gasteiger partial charge in [-0.2, -0.15) is 11.1 Å². The van der Waals surface area contributed by atoms with Crippen molar-refractivity contribution < 1.29 is 0 Å². The van der Waals surface area contributed by atoms with Crippen molar-refractivity contribution in [3.63, 3.8) is 0 Å². The van der Waals surface area contributed by atoms with Crippen molar-refractivity contribution in [3.8, 4) is 0 Å². The van der Waals surface area contributed by atoms with E-state index in [1.165, 1.54) is 12.5 Å². The fourth-order valence-electron chi connectivity index (χ4n) is 0.851. The van der Waals surface area contributed by atoms with E-state index < -0.39 is 8.11 Å². The molecule has 0 bridgehead atoms. The minimum atomic E-state index is -1.01. The van der Waals surface area contributed by atoms with Gasteiger partial charge in [0.15, 0.2) is 0 Å². The van der Waals surface area contributed by atoms with Gasteiger partial charge in [0.25, 0.3) is 0 Å². The van der Waals surface area contributed by atoms with Crippen LogP contribution in [0.15, 0.2) is 0 Å². The maximum Gasteiger partial charge on any atom is 0.146 e. The van der Waals surface area contributed by atoms with Crippen molar-refractivity contribution in [2.75, 3.05) is 5.88 Å². The highest BCUT2D eigenvalue weighted by Gasteiger charge is 2.23. The zero-order valence-electron chi connectivity index (χ0n) is 7.66. The summed E-state index contributed by atoms with van der Waals surface area (Å²) in [6.45, 7) is 6.70. The third-order valence-corrected chi connectivity index (χ3v) is 7.46. The first-order valence-electron chi connectivity index (χ1n) is 4.18. The lowest BCUT2D eigenvalue weighted by Crippen LogP contribution is -2.18. The highest BCUT2D eigenvalue weighted by Crippen LogP contribution is 2.32. The predicted molar refractivity (Wildman–Crippen MR) is 57.5 cm³/mol. The van der Waals surface area contributed by atoms with Gasteiger partial charge in [0.2, 0.25) is 0 Å². The van der Waals surface area contributed by atoms with E-state index in [9.17, 15) is 0 Å². The Bertz CT molecular complexity index is 98.8. The lowest BCUT2D eigenvalue weighted by Gasteiger charge is -2.23. The maximum atomic E-state index is 6.29. The highest BCUT2D eigenvalue weighted by atomic mass is 35.6. The van der Waals surface area contributed by atoms with Crippen LogP contribution in [0.25, 0.3) is 0 Å².